The zero-order valence-electron chi connectivity index (χ0n) is 15.3. The number of hydrogen-bond acceptors (Lipinski definition) is 8. The Morgan fingerprint density at radius 2 is 2.15 bits per heavy atom. The van der Waals surface area contributed by atoms with E-state index in [0.717, 1.165) is 0 Å². The van der Waals surface area contributed by atoms with Gasteiger partial charge in [-0.2, -0.15) is 8.42 Å². The normalized spacial score (nSPS) is 31.0. The summed E-state index contributed by atoms with van der Waals surface area (Å²) in [6.07, 6.45) is -0.128. The second kappa shape index (κ2) is 9.07. The highest BCUT2D eigenvalue weighted by Gasteiger charge is 2.41. The summed E-state index contributed by atoms with van der Waals surface area (Å²) < 4.78 is 24.3. The molecule has 0 saturated carbocycles. The highest BCUT2D eigenvalue weighted by Crippen LogP contribution is 2.41. The number of aliphatic carboxylic acids is 1. The van der Waals surface area contributed by atoms with Gasteiger partial charge in [-0.1, -0.05) is 6.92 Å². The Kier molecular flexibility index (Phi) is 7.53. The van der Waals surface area contributed by atoms with Gasteiger partial charge in [-0.25, -0.2) is 14.7 Å². The predicted octanol–water partition coefficient (Wildman–Crippen LogP) is -1.86. The molecule has 6 atom stereocenters. The van der Waals surface area contributed by atoms with Crippen molar-refractivity contribution in [3.8, 4) is 0 Å². The van der Waals surface area contributed by atoms with Crippen LogP contribution >= 0.6 is 11.8 Å². The minimum absolute atomic E-state index is 0.0729. The fraction of sp³-hybridized carbons (Fsp3) is 0.800. The fourth-order valence-electron chi connectivity index (χ4n) is 3.55. The lowest BCUT2D eigenvalue weighted by atomic mass is 9.88. The summed E-state index contributed by atoms with van der Waals surface area (Å²) in [6, 6.07) is -0.462. The van der Waals surface area contributed by atoms with Gasteiger partial charge in [-0.05, 0) is 13.3 Å². The number of hydrogen-bond donors (Lipinski definition) is 7. The van der Waals surface area contributed by atoms with Crippen LogP contribution in [0.4, 0.5) is 0 Å². The minimum Gasteiger partial charge on any atom is -0.477 e. The van der Waals surface area contributed by atoms with Gasteiger partial charge in [-0.15, -0.1) is 11.8 Å². The van der Waals surface area contributed by atoms with Crippen molar-refractivity contribution in [2.45, 2.75) is 43.7 Å². The molecule has 0 bridgehead atoms. The molecule has 0 radical (unpaired) electrons. The van der Waals surface area contributed by atoms with Crippen LogP contribution in [-0.2, 0) is 15.0 Å². The van der Waals surface area contributed by atoms with Crippen LogP contribution in [0.25, 0.3) is 0 Å². The topological polar surface area (TPSA) is 174 Å². The average molecular weight is 425 g/mol. The van der Waals surface area contributed by atoms with Crippen molar-refractivity contribution in [1.82, 2.24) is 15.4 Å². The SMILES string of the molecule is C[C@@H](O)[C@@H](CO)[C@@H]1NC(C(=O)O)=C(S[C@@H]2CN[C@H](CNS(N)(=O)=O)C2)[C@@H]1C. The molecule has 1 saturated heterocycles. The van der Waals surface area contributed by atoms with E-state index in [9.17, 15) is 28.5 Å². The summed E-state index contributed by atoms with van der Waals surface area (Å²) in [6.45, 7) is 3.98. The van der Waals surface area contributed by atoms with Crippen molar-refractivity contribution in [3.63, 3.8) is 0 Å². The van der Waals surface area contributed by atoms with Gasteiger partial charge in [0.05, 0.1) is 12.7 Å². The van der Waals surface area contributed by atoms with E-state index in [1.165, 1.54) is 11.8 Å². The summed E-state index contributed by atoms with van der Waals surface area (Å²) in [5.74, 6) is -1.75. The molecule has 0 amide bonds. The molecule has 10 nitrogen and oxygen atoms in total. The number of carbonyl (C=O) groups is 1. The summed E-state index contributed by atoms with van der Waals surface area (Å²) in [5.41, 5.74) is 0.0997. The van der Waals surface area contributed by atoms with Gasteiger partial charge < -0.3 is 26.0 Å². The molecular weight excluding hydrogens is 396 g/mol. The maximum absolute atomic E-state index is 11.7. The van der Waals surface area contributed by atoms with Crippen molar-refractivity contribution in [2.24, 2.45) is 17.0 Å². The molecule has 1 fully saturated rings. The number of aliphatic hydroxyl groups is 2. The Bertz CT molecular complexity index is 684. The first kappa shape index (κ1) is 22.4. The smallest absolute Gasteiger partial charge is 0.352 e. The zero-order chi connectivity index (χ0) is 20.4. The van der Waals surface area contributed by atoms with E-state index in [1.807, 2.05) is 6.92 Å². The Hall–Kier alpha value is -0.890. The lowest BCUT2D eigenvalue weighted by Crippen LogP contribution is -2.43. The van der Waals surface area contributed by atoms with E-state index < -0.39 is 28.2 Å². The van der Waals surface area contributed by atoms with Gasteiger partial charge in [0.1, 0.15) is 5.70 Å². The lowest BCUT2D eigenvalue weighted by molar-refractivity contribution is -0.133. The van der Waals surface area contributed by atoms with Gasteiger partial charge in [-0.3, -0.25) is 0 Å². The van der Waals surface area contributed by atoms with Crippen LogP contribution in [0.5, 0.6) is 0 Å². The summed E-state index contributed by atoms with van der Waals surface area (Å²) >= 11 is 1.44. The maximum atomic E-state index is 11.7. The molecule has 156 valence electrons. The first-order valence-corrected chi connectivity index (χ1v) is 11.2. The molecule has 12 heteroatoms. The number of nitrogens with one attached hydrogen (secondary N) is 3. The lowest BCUT2D eigenvalue weighted by Gasteiger charge is -2.29. The second-order valence-corrected chi connectivity index (χ2v) is 9.79. The Labute approximate surface area is 163 Å². The molecule has 0 spiro atoms. The van der Waals surface area contributed by atoms with Crippen LogP contribution in [0.1, 0.15) is 20.3 Å². The molecule has 27 heavy (non-hydrogen) atoms. The molecular formula is C15H28N4O6S2. The number of nitrogens with two attached hydrogens (primary N) is 1. The third kappa shape index (κ3) is 5.79. The maximum Gasteiger partial charge on any atom is 0.352 e. The van der Waals surface area contributed by atoms with Crippen molar-refractivity contribution in [1.29, 1.82) is 0 Å². The predicted molar refractivity (Wildman–Crippen MR) is 102 cm³/mol. The van der Waals surface area contributed by atoms with E-state index in [0.29, 0.717) is 17.9 Å². The van der Waals surface area contributed by atoms with Crippen LogP contribution in [0.2, 0.25) is 0 Å². The highest BCUT2D eigenvalue weighted by atomic mass is 32.2. The molecule has 0 unspecified atom stereocenters. The quantitative estimate of drug-likeness (QED) is 0.224. The molecule has 2 aliphatic rings. The molecule has 2 rings (SSSR count). The molecule has 0 aliphatic carbocycles. The van der Waals surface area contributed by atoms with E-state index in [2.05, 4.69) is 15.4 Å². The van der Waals surface area contributed by atoms with Crippen LogP contribution in [-0.4, -0.2) is 72.8 Å². The first-order valence-electron chi connectivity index (χ1n) is 8.73. The molecule has 8 N–H and O–H groups in total. The van der Waals surface area contributed by atoms with Crippen LogP contribution in [0.15, 0.2) is 10.6 Å². The van der Waals surface area contributed by atoms with Gasteiger partial charge in [0.15, 0.2) is 0 Å². The summed E-state index contributed by atoms with van der Waals surface area (Å²) in [7, 11) is -3.75. The summed E-state index contributed by atoms with van der Waals surface area (Å²) in [4.78, 5) is 12.3. The molecule has 0 aromatic heterocycles. The van der Waals surface area contributed by atoms with Crippen molar-refractivity contribution >= 4 is 27.9 Å². The van der Waals surface area contributed by atoms with Crippen LogP contribution in [0, 0.1) is 11.8 Å². The van der Waals surface area contributed by atoms with Crippen molar-refractivity contribution < 1.29 is 28.5 Å². The average Bonchev–Trinajstić information content (AvgIpc) is 3.12. The molecule has 2 aliphatic heterocycles. The third-order valence-electron chi connectivity index (χ3n) is 5.02. The highest BCUT2D eigenvalue weighted by molar-refractivity contribution is 8.03. The summed E-state index contributed by atoms with van der Waals surface area (Å²) in [5, 5.41) is 40.2. The monoisotopic (exact) mass is 424 g/mol. The van der Waals surface area contributed by atoms with Gasteiger partial charge in [0.25, 0.3) is 10.2 Å². The molecule has 2 heterocycles. The van der Waals surface area contributed by atoms with Crippen LogP contribution < -0.4 is 20.5 Å². The largest absolute Gasteiger partial charge is 0.477 e. The van der Waals surface area contributed by atoms with Gasteiger partial charge in [0, 0.05) is 47.2 Å². The zero-order valence-corrected chi connectivity index (χ0v) is 16.9. The van der Waals surface area contributed by atoms with E-state index in [-0.39, 0.29) is 42.1 Å². The fourth-order valence-corrected chi connectivity index (χ4v) is 5.48. The van der Waals surface area contributed by atoms with Crippen molar-refractivity contribution in [3.05, 3.63) is 10.6 Å². The molecule has 0 aromatic rings. The number of carboxylic acid groups (broad SMARTS) is 1. The Morgan fingerprint density at radius 3 is 2.67 bits per heavy atom. The molecule has 0 aromatic carbocycles. The van der Waals surface area contributed by atoms with E-state index in [4.69, 9.17) is 5.14 Å². The number of carboxylic acids is 1. The number of aliphatic hydroxyl groups excluding tert-OH is 2. The van der Waals surface area contributed by atoms with Gasteiger partial charge >= 0.3 is 5.97 Å². The van der Waals surface area contributed by atoms with E-state index in [1.54, 1.807) is 6.92 Å². The Morgan fingerprint density at radius 1 is 1.48 bits per heavy atom. The Balaban J connectivity index is 2.05. The van der Waals surface area contributed by atoms with Gasteiger partial charge in [0.2, 0.25) is 0 Å². The first-order chi connectivity index (χ1) is 12.5. The van der Waals surface area contributed by atoms with Crippen molar-refractivity contribution in [2.75, 3.05) is 19.7 Å². The van der Waals surface area contributed by atoms with E-state index >= 15 is 0 Å². The second-order valence-electron chi connectivity index (χ2n) is 7.06. The van der Waals surface area contributed by atoms with Crippen LogP contribution in [0.3, 0.4) is 0 Å². The third-order valence-corrected chi connectivity index (χ3v) is 7.11. The number of rotatable bonds is 9. The number of thioether (sulfide) groups is 1. The minimum atomic E-state index is -3.75. The standard InChI is InChI=1S/C15H28N4O6S2/c1-7-12(11(6-20)8(2)21)19-13(15(22)23)14(7)26-10-3-9(17-5-10)4-18-27(16,24)25/h7-12,17-21H,3-6H2,1-2H3,(H,22,23)(H2,16,24,25)/t7-,8-,9+,10+,11-,12-/m1/s1.